The Morgan fingerprint density at radius 1 is 0.818 bits per heavy atom. The second-order valence-corrected chi connectivity index (χ2v) is 7.89. The summed E-state index contributed by atoms with van der Waals surface area (Å²) in [6.45, 7) is 3.20. The molecule has 0 heterocycles. The Hall–Kier alpha value is -3.60. The summed E-state index contributed by atoms with van der Waals surface area (Å²) in [6.07, 6.45) is 3.44. The van der Waals surface area contributed by atoms with E-state index in [0.717, 1.165) is 42.6 Å². The highest BCUT2D eigenvalue weighted by Gasteiger charge is 2.12. The van der Waals surface area contributed by atoms with Crippen molar-refractivity contribution in [3.63, 3.8) is 0 Å². The number of carbonyl (C=O) groups is 2. The summed E-state index contributed by atoms with van der Waals surface area (Å²) in [7, 11) is 0. The van der Waals surface area contributed by atoms with Gasteiger partial charge in [0.05, 0.1) is 19.6 Å². The lowest BCUT2D eigenvalue weighted by molar-refractivity contribution is -0.136. The average Bonchev–Trinajstić information content (AvgIpc) is 2.82. The number of ketones is 1. The molecule has 3 aromatic carbocycles. The molecular weight excluding hydrogens is 416 g/mol. The monoisotopic (exact) mass is 446 g/mol. The predicted octanol–water partition coefficient (Wildman–Crippen LogP) is 5.74. The fourth-order valence-corrected chi connectivity index (χ4v) is 3.58. The maximum Gasteiger partial charge on any atom is 0.307 e. The van der Waals surface area contributed by atoms with E-state index >= 15 is 0 Å². The minimum absolute atomic E-state index is 0.0130. The molecule has 3 aromatic rings. The molecule has 33 heavy (non-hydrogen) atoms. The van der Waals surface area contributed by atoms with Crippen LogP contribution in [0.1, 0.15) is 53.2 Å². The van der Waals surface area contributed by atoms with E-state index in [1.54, 1.807) is 18.2 Å². The van der Waals surface area contributed by atoms with Crippen LogP contribution in [0.5, 0.6) is 11.5 Å². The first-order valence-corrected chi connectivity index (χ1v) is 11.4. The molecule has 0 fully saturated rings. The van der Waals surface area contributed by atoms with E-state index < -0.39 is 5.97 Å². The zero-order valence-corrected chi connectivity index (χ0v) is 19.0. The van der Waals surface area contributed by atoms with Gasteiger partial charge in [0.2, 0.25) is 0 Å². The number of aliphatic carboxylic acids is 1. The van der Waals surface area contributed by atoms with Gasteiger partial charge < -0.3 is 14.6 Å². The van der Waals surface area contributed by atoms with Crippen LogP contribution in [0.15, 0.2) is 72.8 Å². The third kappa shape index (κ3) is 7.49. The molecule has 172 valence electrons. The topological polar surface area (TPSA) is 72.8 Å². The smallest absolute Gasteiger partial charge is 0.307 e. The second kappa shape index (κ2) is 12.4. The second-order valence-electron chi connectivity index (χ2n) is 7.89. The lowest BCUT2D eigenvalue weighted by Crippen LogP contribution is -2.06. The molecule has 0 aliphatic carbocycles. The van der Waals surface area contributed by atoms with Gasteiger partial charge in [-0.15, -0.1) is 0 Å². The molecule has 0 unspecified atom stereocenters. The van der Waals surface area contributed by atoms with E-state index in [-0.39, 0.29) is 12.2 Å². The van der Waals surface area contributed by atoms with Gasteiger partial charge in [-0.25, -0.2) is 0 Å². The molecule has 0 aliphatic heterocycles. The number of carboxylic acids is 1. The molecule has 0 amide bonds. The number of hydrogen-bond acceptors (Lipinski definition) is 4. The Labute approximate surface area is 195 Å². The molecule has 0 aliphatic rings. The third-order valence-electron chi connectivity index (χ3n) is 5.20. The Kier molecular flexibility index (Phi) is 9.07. The van der Waals surface area contributed by atoms with E-state index in [9.17, 15) is 9.59 Å². The Morgan fingerprint density at radius 3 is 2.30 bits per heavy atom. The van der Waals surface area contributed by atoms with Crippen LogP contribution >= 0.6 is 0 Å². The molecule has 0 aromatic heterocycles. The van der Waals surface area contributed by atoms with E-state index in [1.807, 2.05) is 54.6 Å². The molecule has 0 bridgehead atoms. The summed E-state index contributed by atoms with van der Waals surface area (Å²) in [4.78, 5) is 23.6. The number of hydrogen-bond donors (Lipinski definition) is 1. The van der Waals surface area contributed by atoms with Gasteiger partial charge in [-0.2, -0.15) is 0 Å². The number of benzene rings is 3. The molecule has 1 N–H and O–H groups in total. The first kappa shape index (κ1) is 24.1. The molecule has 5 heteroatoms. The zero-order valence-electron chi connectivity index (χ0n) is 19.0. The lowest BCUT2D eigenvalue weighted by Gasteiger charge is -2.13. The van der Waals surface area contributed by atoms with Crippen molar-refractivity contribution in [3.8, 4) is 11.5 Å². The summed E-state index contributed by atoms with van der Waals surface area (Å²) in [5, 5.41) is 8.90. The van der Waals surface area contributed by atoms with Gasteiger partial charge in [0.15, 0.2) is 5.78 Å². The van der Waals surface area contributed by atoms with Crippen LogP contribution in [0.2, 0.25) is 0 Å². The highest BCUT2D eigenvalue weighted by Crippen LogP contribution is 2.24. The van der Waals surface area contributed by atoms with Gasteiger partial charge in [-0.05, 0) is 60.7 Å². The molecular formula is C28H30O5. The minimum Gasteiger partial charge on any atom is -0.494 e. The summed E-state index contributed by atoms with van der Waals surface area (Å²) in [5.74, 6) is 0.663. The zero-order chi connectivity index (χ0) is 23.5. The van der Waals surface area contributed by atoms with Gasteiger partial charge >= 0.3 is 5.97 Å². The maximum atomic E-state index is 12.8. The van der Waals surface area contributed by atoms with E-state index in [0.29, 0.717) is 30.1 Å². The van der Waals surface area contributed by atoms with Gasteiger partial charge in [0, 0.05) is 11.1 Å². The van der Waals surface area contributed by atoms with Crippen molar-refractivity contribution in [1.29, 1.82) is 0 Å². The van der Waals surface area contributed by atoms with Crippen LogP contribution in [0.3, 0.4) is 0 Å². The van der Waals surface area contributed by atoms with Crippen molar-refractivity contribution in [1.82, 2.24) is 0 Å². The summed E-state index contributed by atoms with van der Waals surface area (Å²) in [6, 6.07) is 22.1. The van der Waals surface area contributed by atoms with Crippen LogP contribution in [0.4, 0.5) is 0 Å². The molecule has 0 atom stereocenters. The van der Waals surface area contributed by atoms with Gasteiger partial charge in [0.25, 0.3) is 0 Å². The highest BCUT2D eigenvalue weighted by molar-refractivity contribution is 6.09. The van der Waals surface area contributed by atoms with Crippen molar-refractivity contribution in [3.05, 3.63) is 95.1 Å². The van der Waals surface area contributed by atoms with E-state index in [4.69, 9.17) is 14.6 Å². The van der Waals surface area contributed by atoms with Crippen molar-refractivity contribution in [2.45, 2.75) is 39.0 Å². The van der Waals surface area contributed by atoms with Gasteiger partial charge in [0.1, 0.15) is 11.5 Å². The molecule has 0 spiro atoms. The number of unbranched alkanes of at least 4 members (excludes halogenated alkanes) is 1. The Morgan fingerprint density at radius 2 is 1.58 bits per heavy atom. The van der Waals surface area contributed by atoms with Crippen LogP contribution in [0.25, 0.3) is 0 Å². The van der Waals surface area contributed by atoms with Crippen molar-refractivity contribution in [2.75, 3.05) is 13.2 Å². The molecule has 0 saturated heterocycles. The van der Waals surface area contributed by atoms with Crippen LogP contribution in [-0.4, -0.2) is 30.1 Å². The van der Waals surface area contributed by atoms with Crippen molar-refractivity contribution < 1.29 is 24.2 Å². The lowest BCUT2D eigenvalue weighted by atomic mass is 9.99. The molecule has 3 rings (SSSR count). The average molecular weight is 447 g/mol. The minimum atomic E-state index is -0.857. The van der Waals surface area contributed by atoms with Crippen molar-refractivity contribution >= 4 is 11.8 Å². The predicted molar refractivity (Wildman–Crippen MR) is 128 cm³/mol. The summed E-state index contributed by atoms with van der Waals surface area (Å²) >= 11 is 0. The fourth-order valence-electron chi connectivity index (χ4n) is 3.58. The molecule has 5 nitrogen and oxygen atoms in total. The van der Waals surface area contributed by atoms with Gasteiger partial charge in [-0.3, -0.25) is 9.59 Å². The van der Waals surface area contributed by atoms with Crippen molar-refractivity contribution in [2.24, 2.45) is 0 Å². The van der Waals surface area contributed by atoms with Crippen LogP contribution < -0.4 is 9.47 Å². The number of ether oxygens (including phenoxy) is 2. The largest absolute Gasteiger partial charge is 0.494 e. The Bertz CT molecular complexity index is 1060. The third-order valence-corrected chi connectivity index (χ3v) is 5.20. The molecule has 0 saturated carbocycles. The van der Waals surface area contributed by atoms with Crippen LogP contribution in [0, 0.1) is 0 Å². The van der Waals surface area contributed by atoms with Gasteiger partial charge in [-0.1, -0.05) is 55.8 Å². The first-order valence-electron chi connectivity index (χ1n) is 11.4. The number of carboxylic acid groups (broad SMARTS) is 1. The first-order chi connectivity index (χ1) is 16.1. The molecule has 0 radical (unpaired) electrons. The normalized spacial score (nSPS) is 10.6. The van der Waals surface area contributed by atoms with Crippen LogP contribution in [-0.2, 0) is 17.6 Å². The number of rotatable bonds is 13. The number of aryl methyl sites for hydroxylation is 1. The maximum absolute atomic E-state index is 12.8. The summed E-state index contributed by atoms with van der Waals surface area (Å²) in [5.41, 5.74) is 3.13. The number of carbonyl (C=O) groups excluding carboxylic acids is 1. The Balaban J connectivity index is 1.48. The fraction of sp³-hybridized carbons (Fsp3) is 0.286. The highest BCUT2D eigenvalue weighted by atomic mass is 16.5. The quantitative estimate of drug-likeness (QED) is 0.268. The van der Waals surface area contributed by atoms with E-state index in [2.05, 4.69) is 6.92 Å². The SMILES string of the molecule is CCCc1cc(C(=O)c2ccccc2)ccc1OCCCCOc1cccc(CC(=O)O)c1. The van der Waals surface area contributed by atoms with E-state index in [1.165, 1.54) is 0 Å². The standard InChI is InChI=1S/C28H30O5/c1-2-9-23-20-24(28(31)22-11-4-3-5-12-22)14-15-26(23)33-17-7-6-16-32-25-13-8-10-21(18-25)19-27(29)30/h3-5,8,10-15,18,20H,2,6-7,9,16-17,19H2,1H3,(H,29,30). The summed E-state index contributed by atoms with van der Waals surface area (Å²) < 4.78 is 11.8.